The van der Waals surface area contributed by atoms with Crippen molar-refractivity contribution in [1.82, 2.24) is 5.32 Å². The third-order valence-corrected chi connectivity index (χ3v) is 5.78. The lowest BCUT2D eigenvalue weighted by Crippen LogP contribution is -2.32. The van der Waals surface area contributed by atoms with Gasteiger partial charge in [0.2, 0.25) is 0 Å². The fourth-order valence-electron chi connectivity index (χ4n) is 2.34. The molecular weight excluding hydrogens is 432 g/mol. The zero-order valence-corrected chi connectivity index (χ0v) is 17.9. The Morgan fingerprint density at radius 2 is 1.89 bits per heavy atom. The summed E-state index contributed by atoms with van der Waals surface area (Å²) < 4.78 is 34.5. The van der Waals surface area contributed by atoms with Gasteiger partial charge in [-0.3, -0.25) is 9.52 Å². The Labute approximate surface area is 168 Å². The van der Waals surface area contributed by atoms with Gasteiger partial charge in [-0.25, -0.2) is 8.42 Å². The number of para-hydroxylation sites is 1. The monoisotopic (exact) mass is 454 g/mol. The summed E-state index contributed by atoms with van der Waals surface area (Å²) in [7, 11) is -3.96. The average molecular weight is 455 g/mol. The van der Waals surface area contributed by atoms with Crippen LogP contribution < -0.4 is 14.8 Å². The van der Waals surface area contributed by atoms with Gasteiger partial charge in [-0.05, 0) is 50.6 Å². The van der Waals surface area contributed by atoms with Crippen LogP contribution >= 0.6 is 15.9 Å². The first kappa shape index (κ1) is 21.2. The van der Waals surface area contributed by atoms with Crippen LogP contribution in [-0.2, 0) is 10.0 Å². The van der Waals surface area contributed by atoms with E-state index in [1.807, 2.05) is 13.8 Å². The van der Waals surface area contributed by atoms with Crippen molar-refractivity contribution in [3.63, 3.8) is 0 Å². The lowest BCUT2D eigenvalue weighted by atomic mass is 10.1. The van der Waals surface area contributed by atoms with Gasteiger partial charge in [0.1, 0.15) is 10.6 Å². The molecule has 0 bridgehead atoms. The van der Waals surface area contributed by atoms with Crippen LogP contribution in [0.4, 0.5) is 5.69 Å². The van der Waals surface area contributed by atoms with E-state index in [-0.39, 0.29) is 33.8 Å². The Balaban J connectivity index is 2.40. The van der Waals surface area contributed by atoms with Gasteiger partial charge in [-0.15, -0.1) is 0 Å². The van der Waals surface area contributed by atoms with Crippen molar-refractivity contribution in [1.29, 1.82) is 0 Å². The highest BCUT2D eigenvalue weighted by atomic mass is 79.9. The molecule has 0 aromatic heterocycles. The number of sulfonamides is 1. The fraction of sp³-hybridized carbons (Fsp3) is 0.316. The minimum atomic E-state index is -3.96. The SMILES string of the molecule is CCOc1ccc(Br)cc1S(=O)(=O)Nc1ccccc1C(=O)NC(C)CC. The second kappa shape index (κ2) is 9.23. The molecule has 8 heteroatoms. The summed E-state index contributed by atoms with van der Waals surface area (Å²) in [6.07, 6.45) is 0.773. The van der Waals surface area contributed by atoms with Crippen molar-refractivity contribution < 1.29 is 17.9 Å². The van der Waals surface area contributed by atoms with Crippen molar-refractivity contribution >= 4 is 37.5 Å². The molecule has 0 aliphatic carbocycles. The highest BCUT2D eigenvalue weighted by Gasteiger charge is 2.23. The van der Waals surface area contributed by atoms with E-state index in [2.05, 4.69) is 26.0 Å². The summed E-state index contributed by atoms with van der Waals surface area (Å²) in [5.41, 5.74) is 0.468. The van der Waals surface area contributed by atoms with Gasteiger partial charge in [-0.1, -0.05) is 35.0 Å². The molecule has 0 aliphatic rings. The molecule has 1 amide bonds. The zero-order valence-electron chi connectivity index (χ0n) is 15.5. The predicted molar refractivity (Wildman–Crippen MR) is 110 cm³/mol. The van der Waals surface area contributed by atoms with Gasteiger partial charge < -0.3 is 10.1 Å². The maximum absolute atomic E-state index is 13.0. The van der Waals surface area contributed by atoms with Crippen LogP contribution in [0.3, 0.4) is 0 Å². The topological polar surface area (TPSA) is 84.5 Å². The minimum absolute atomic E-state index is 0.00383. The number of halogens is 1. The van der Waals surface area contributed by atoms with Crippen molar-refractivity contribution in [2.75, 3.05) is 11.3 Å². The largest absolute Gasteiger partial charge is 0.492 e. The van der Waals surface area contributed by atoms with Crippen molar-refractivity contribution in [3.05, 3.63) is 52.5 Å². The molecular formula is C19H23BrN2O4S. The Hall–Kier alpha value is -2.06. The number of hydrogen-bond acceptors (Lipinski definition) is 4. The number of amides is 1. The van der Waals surface area contributed by atoms with E-state index in [4.69, 9.17) is 4.74 Å². The van der Waals surface area contributed by atoms with Crippen LogP contribution in [-0.4, -0.2) is 27.0 Å². The number of benzene rings is 2. The molecule has 0 aliphatic heterocycles. The summed E-state index contributed by atoms with van der Waals surface area (Å²) in [6.45, 7) is 5.96. The van der Waals surface area contributed by atoms with Crippen molar-refractivity contribution in [2.45, 2.75) is 38.1 Å². The standard InChI is InChI=1S/C19H23BrN2O4S/c1-4-13(3)21-19(23)15-8-6-7-9-16(15)22-27(24,25)18-12-14(20)10-11-17(18)26-5-2/h6-13,22H,4-5H2,1-3H3,(H,21,23). The van der Waals surface area contributed by atoms with E-state index in [0.717, 1.165) is 6.42 Å². The number of anilines is 1. The van der Waals surface area contributed by atoms with Crippen LogP contribution in [0.25, 0.3) is 0 Å². The molecule has 146 valence electrons. The quantitative estimate of drug-likeness (QED) is 0.626. The fourth-order valence-corrected chi connectivity index (χ4v) is 4.10. The van der Waals surface area contributed by atoms with Crippen molar-refractivity contribution in [3.8, 4) is 5.75 Å². The van der Waals surface area contributed by atoms with Crippen LogP contribution in [0.2, 0.25) is 0 Å². The molecule has 27 heavy (non-hydrogen) atoms. The Morgan fingerprint density at radius 1 is 1.19 bits per heavy atom. The first-order chi connectivity index (χ1) is 12.8. The Kier molecular flexibility index (Phi) is 7.26. The van der Waals surface area contributed by atoms with Gasteiger partial charge >= 0.3 is 0 Å². The number of carbonyl (C=O) groups is 1. The molecule has 2 aromatic carbocycles. The molecule has 6 nitrogen and oxygen atoms in total. The number of rotatable bonds is 8. The molecule has 0 radical (unpaired) electrons. The molecule has 1 atom stereocenters. The molecule has 2 rings (SSSR count). The molecule has 0 fully saturated rings. The molecule has 0 heterocycles. The molecule has 2 aromatic rings. The number of hydrogen-bond donors (Lipinski definition) is 2. The second-order valence-electron chi connectivity index (χ2n) is 5.96. The lowest BCUT2D eigenvalue weighted by Gasteiger charge is -2.16. The molecule has 0 saturated carbocycles. The highest BCUT2D eigenvalue weighted by Crippen LogP contribution is 2.30. The normalized spacial score (nSPS) is 12.3. The van der Waals surface area contributed by atoms with Crippen LogP contribution in [0, 0.1) is 0 Å². The van der Waals surface area contributed by atoms with Crippen LogP contribution in [0.1, 0.15) is 37.6 Å². The second-order valence-corrected chi connectivity index (χ2v) is 8.52. The molecule has 0 spiro atoms. The van der Waals surface area contributed by atoms with Gasteiger partial charge in [0.05, 0.1) is 17.9 Å². The van der Waals surface area contributed by atoms with E-state index in [9.17, 15) is 13.2 Å². The van der Waals surface area contributed by atoms with E-state index >= 15 is 0 Å². The molecule has 2 N–H and O–H groups in total. The van der Waals surface area contributed by atoms with E-state index in [1.54, 1.807) is 43.3 Å². The maximum atomic E-state index is 13.0. The maximum Gasteiger partial charge on any atom is 0.265 e. The van der Waals surface area contributed by atoms with Gasteiger partial charge in [0.25, 0.3) is 15.9 Å². The lowest BCUT2D eigenvalue weighted by molar-refractivity contribution is 0.0940. The predicted octanol–water partition coefficient (Wildman–Crippen LogP) is 4.18. The molecule has 1 unspecified atom stereocenters. The summed E-state index contributed by atoms with van der Waals surface area (Å²) in [6, 6.07) is 11.2. The van der Waals surface area contributed by atoms with Crippen LogP contribution in [0.15, 0.2) is 51.8 Å². The third-order valence-electron chi connectivity index (χ3n) is 3.90. The van der Waals surface area contributed by atoms with Gasteiger partial charge in [-0.2, -0.15) is 0 Å². The zero-order chi connectivity index (χ0) is 20.0. The number of ether oxygens (including phenoxy) is 1. The van der Waals surface area contributed by atoms with Crippen LogP contribution in [0.5, 0.6) is 5.75 Å². The van der Waals surface area contributed by atoms with E-state index < -0.39 is 10.0 Å². The first-order valence-corrected chi connectivity index (χ1v) is 10.9. The summed E-state index contributed by atoms with van der Waals surface area (Å²) in [5, 5.41) is 2.85. The third kappa shape index (κ3) is 5.46. The summed E-state index contributed by atoms with van der Waals surface area (Å²) in [4.78, 5) is 12.5. The average Bonchev–Trinajstić information content (AvgIpc) is 2.63. The van der Waals surface area contributed by atoms with Gasteiger partial charge in [0, 0.05) is 10.5 Å². The van der Waals surface area contributed by atoms with E-state index in [1.165, 1.54) is 6.07 Å². The Bertz CT molecular complexity index is 916. The number of nitrogens with one attached hydrogen (secondary N) is 2. The minimum Gasteiger partial charge on any atom is -0.492 e. The first-order valence-electron chi connectivity index (χ1n) is 8.63. The molecule has 0 saturated heterocycles. The number of carbonyl (C=O) groups excluding carboxylic acids is 1. The van der Waals surface area contributed by atoms with E-state index in [0.29, 0.717) is 11.1 Å². The summed E-state index contributed by atoms with van der Waals surface area (Å²) in [5.74, 6) is -0.0864. The van der Waals surface area contributed by atoms with Crippen molar-refractivity contribution in [2.24, 2.45) is 0 Å². The smallest absolute Gasteiger partial charge is 0.265 e. The summed E-state index contributed by atoms with van der Waals surface area (Å²) >= 11 is 3.29. The Morgan fingerprint density at radius 3 is 2.56 bits per heavy atom. The van der Waals surface area contributed by atoms with Gasteiger partial charge in [0.15, 0.2) is 0 Å². The highest BCUT2D eigenvalue weighted by molar-refractivity contribution is 9.10.